The van der Waals surface area contributed by atoms with Crippen LogP contribution in [0.4, 0.5) is 0 Å². The van der Waals surface area contributed by atoms with Gasteiger partial charge < -0.3 is 14.2 Å². The zero-order chi connectivity index (χ0) is 22.2. The van der Waals surface area contributed by atoms with Crippen LogP contribution >= 0.6 is 0 Å². The van der Waals surface area contributed by atoms with Crippen molar-refractivity contribution in [2.45, 2.75) is 51.2 Å². The van der Waals surface area contributed by atoms with Crippen molar-refractivity contribution in [3.63, 3.8) is 0 Å². The van der Waals surface area contributed by atoms with Gasteiger partial charge in [0.25, 0.3) is 5.91 Å². The van der Waals surface area contributed by atoms with Gasteiger partial charge in [0.05, 0.1) is 18.1 Å². The largest absolute Gasteiger partial charge is 0.497 e. The number of carbonyl (C=O) groups is 1. The number of methoxy groups -OCH3 is 1. The molecule has 0 unspecified atom stereocenters. The maximum absolute atomic E-state index is 13.1. The molecule has 3 aromatic rings. The van der Waals surface area contributed by atoms with E-state index in [9.17, 15) is 4.79 Å². The third kappa shape index (κ3) is 3.88. The lowest BCUT2D eigenvalue weighted by atomic mass is 9.92. The number of benzene rings is 2. The van der Waals surface area contributed by atoms with E-state index in [-0.39, 0.29) is 5.91 Å². The summed E-state index contributed by atoms with van der Waals surface area (Å²) in [5.74, 6) is 1.89. The van der Waals surface area contributed by atoms with Crippen molar-refractivity contribution in [3.8, 4) is 5.75 Å². The average molecular weight is 433 g/mol. The normalized spacial score (nSPS) is 19.3. The number of hydrogen-bond donors (Lipinski definition) is 0. The fourth-order valence-corrected chi connectivity index (χ4v) is 5.03. The molecule has 1 aromatic heterocycles. The number of imidazole rings is 1. The molecule has 1 atom stereocenters. The quantitative estimate of drug-likeness (QED) is 0.589. The van der Waals surface area contributed by atoms with Crippen LogP contribution in [0, 0.1) is 6.92 Å². The molecule has 0 bridgehead atoms. The lowest BCUT2D eigenvalue weighted by molar-refractivity contribution is 0.0720. The molecule has 1 aliphatic heterocycles. The van der Waals surface area contributed by atoms with Crippen molar-refractivity contribution in [1.82, 2.24) is 19.4 Å². The molecule has 1 aliphatic carbocycles. The summed E-state index contributed by atoms with van der Waals surface area (Å²) >= 11 is 0. The van der Waals surface area contributed by atoms with Crippen LogP contribution < -0.4 is 4.74 Å². The summed E-state index contributed by atoms with van der Waals surface area (Å²) in [6.45, 7) is 4.88. The minimum absolute atomic E-state index is 0.119. The van der Waals surface area contributed by atoms with E-state index in [4.69, 9.17) is 4.74 Å². The van der Waals surface area contributed by atoms with Gasteiger partial charge in [0.15, 0.2) is 0 Å². The number of rotatable bonds is 6. The highest BCUT2D eigenvalue weighted by atomic mass is 16.5. The molecule has 0 spiro atoms. The fraction of sp³-hybridized carbons (Fsp3) is 0.462. The summed E-state index contributed by atoms with van der Waals surface area (Å²) in [7, 11) is 3.63. The van der Waals surface area contributed by atoms with Crippen molar-refractivity contribution < 1.29 is 9.53 Å². The minimum Gasteiger partial charge on any atom is -0.497 e. The molecule has 5 rings (SSSR count). The molecule has 1 saturated heterocycles. The fourth-order valence-electron chi connectivity index (χ4n) is 5.03. The van der Waals surface area contributed by atoms with Crippen molar-refractivity contribution in [2.75, 3.05) is 27.2 Å². The second-order valence-corrected chi connectivity index (χ2v) is 9.23. The summed E-state index contributed by atoms with van der Waals surface area (Å²) in [6, 6.07) is 15.1. The molecular weight excluding hydrogens is 400 g/mol. The third-order valence-corrected chi connectivity index (χ3v) is 7.34. The summed E-state index contributed by atoms with van der Waals surface area (Å²) in [6.07, 6.45) is 5.08. The maximum Gasteiger partial charge on any atom is 0.253 e. The van der Waals surface area contributed by atoms with E-state index < -0.39 is 0 Å². The second kappa shape index (κ2) is 8.58. The first kappa shape index (κ1) is 21.0. The van der Waals surface area contributed by atoms with Gasteiger partial charge in [-0.25, -0.2) is 4.98 Å². The number of aromatic nitrogens is 2. The summed E-state index contributed by atoms with van der Waals surface area (Å²) in [4.78, 5) is 22.3. The van der Waals surface area contributed by atoms with Crippen LogP contribution in [-0.2, 0) is 6.54 Å². The van der Waals surface area contributed by atoms with Gasteiger partial charge in [-0.1, -0.05) is 18.6 Å². The van der Waals surface area contributed by atoms with Crippen molar-refractivity contribution in [3.05, 3.63) is 59.4 Å². The zero-order valence-electron chi connectivity index (χ0n) is 19.3. The van der Waals surface area contributed by atoms with Gasteiger partial charge in [0, 0.05) is 50.4 Å². The van der Waals surface area contributed by atoms with Gasteiger partial charge in [0.1, 0.15) is 11.6 Å². The number of nitrogens with zero attached hydrogens (tertiary/aromatic N) is 4. The molecule has 168 valence electrons. The van der Waals surface area contributed by atoms with Crippen molar-refractivity contribution >= 4 is 16.9 Å². The lowest BCUT2D eigenvalue weighted by Crippen LogP contribution is -2.43. The Balaban J connectivity index is 1.26. The van der Waals surface area contributed by atoms with Crippen LogP contribution in [-0.4, -0.2) is 64.6 Å². The number of hydrogen-bond acceptors (Lipinski definition) is 4. The van der Waals surface area contributed by atoms with Gasteiger partial charge in [-0.2, -0.15) is 0 Å². The number of fused-ring (bicyclic) bond motifs is 1. The van der Waals surface area contributed by atoms with Crippen molar-refractivity contribution in [2.24, 2.45) is 0 Å². The Kier molecular flexibility index (Phi) is 5.64. The Morgan fingerprint density at radius 3 is 2.62 bits per heavy atom. The van der Waals surface area contributed by atoms with Gasteiger partial charge in [-0.3, -0.25) is 9.69 Å². The van der Waals surface area contributed by atoms with E-state index in [0.29, 0.717) is 6.04 Å². The highest BCUT2D eigenvalue weighted by Gasteiger charge is 2.34. The average Bonchev–Trinajstić information content (AvgIpc) is 3.36. The van der Waals surface area contributed by atoms with Gasteiger partial charge in [-0.15, -0.1) is 0 Å². The van der Waals surface area contributed by atoms with Crippen LogP contribution in [0.15, 0.2) is 42.5 Å². The Labute approximate surface area is 189 Å². The van der Waals surface area contributed by atoms with Crippen LogP contribution in [0.3, 0.4) is 0 Å². The number of amides is 1. The smallest absolute Gasteiger partial charge is 0.253 e. The van der Waals surface area contributed by atoms with E-state index in [1.807, 2.05) is 43.1 Å². The molecular formula is C26H32N4O2. The Morgan fingerprint density at radius 1 is 1.16 bits per heavy atom. The summed E-state index contributed by atoms with van der Waals surface area (Å²) in [5, 5.41) is 0. The first-order chi connectivity index (χ1) is 15.5. The van der Waals surface area contributed by atoms with Crippen LogP contribution in [0.5, 0.6) is 5.75 Å². The number of aryl methyl sites for hydroxylation is 1. The van der Waals surface area contributed by atoms with Gasteiger partial charge in [0.2, 0.25) is 0 Å². The zero-order valence-corrected chi connectivity index (χ0v) is 19.3. The van der Waals surface area contributed by atoms with Crippen LogP contribution in [0.1, 0.15) is 47.4 Å². The highest BCUT2D eigenvalue weighted by Crippen LogP contribution is 2.29. The molecule has 2 aromatic carbocycles. The molecule has 2 heterocycles. The Bertz CT molecular complexity index is 1120. The molecule has 6 heteroatoms. The van der Waals surface area contributed by atoms with E-state index >= 15 is 0 Å². The van der Waals surface area contributed by atoms with E-state index in [2.05, 4.69) is 32.7 Å². The first-order valence-electron chi connectivity index (χ1n) is 11.6. The van der Waals surface area contributed by atoms with Crippen LogP contribution in [0.25, 0.3) is 11.0 Å². The molecule has 1 saturated carbocycles. The first-order valence-corrected chi connectivity index (χ1v) is 11.6. The number of likely N-dealkylation sites (N-methyl/N-ethyl adjacent to an activating group) is 1. The predicted molar refractivity (Wildman–Crippen MR) is 126 cm³/mol. The monoisotopic (exact) mass is 432 g/mol. The summed E-state index contributed by atoms with van der Waals surface area (Å²) in [5.41, 5.74) is 3.93. The third-order valence-electron chi connectivity index (χ3n) is 7.34. The Hall–Kier alpha value is -2.86. The maximum atomic E-state index is 13.1. The summed E-state index contributed by atoms with van der Waals surface area (Å²) < 4.78 is 7.52. The molecule has 0 radical (unpaired) electrons. The predicted octanol–water partition coefficient (Wildman–Crippen LogP) is 4.10. The lowest BCUT2D eigenvalue weighted by Gasteiger charge is -2.35. The van der Waals surface area contributed by atoms with Gasteiger partial charge in [-0.05, 0) is 56.0 Å². The number of likely N-dealkylation sites (tertiary alicyclic amines) is 1. The molecule has 1 amide bonds. The van der Waals surface area contributed by atoms with E-state index in [0.717, 1.165) is 65.8 Å². The molecule has 2 fully saturated rings. The molecule has 0 N–H and O–H groups in total. The second-order valence-electron chi connectivity index (χ2n) is 9.23. The van der Waals surface area contributed by atoms with Crippen molar-refractivity contribution in [1.29, 1.82) is 0 Å². The molecule has 6 nitrogen and oxygen atoms in total. The molecule has 2 aliphatic rings. The number of ether oxygens (including phenoxy) is 1. The highest BCUT2D eigenvalue weighted by molar-refractivity contribution is 5.94. The van der Waals surface area contributed by atoms with E-state index in [1.165, 1.54) is 19.3 Å². The SMILES string of the molecule is COc1ccc2c(c1)nc(C)n2Cc1ccc(C(=O)N(C)[C@@H]2CCN(C3CCC3)C2)cc1. The standard InChI is InChI=1S/C26H32N4O2/c1-18-27-24-15-23(32-3)11-12-25(24)30(18)16-19-7-9-20(10-8-19)26(31)28(2)22-13-14-29(17-22)21-5-4-6-21/h7-12,15,21-22H,4-6,13-14,16-17H2,1-3H3/t22-/m1/s1. The molecule has 32 heavy (non-hydrogen) atoms. The minimum atomic E-state index is 0.119. The van der Waals surface area contributed by atoms with Gasteiger partial charge >= 0.3 is 0 Å². The number of carbonyl (C=O) groups excluding carboxylic acids is 1. The topological polar surface area (TPSA) is 50.6 Å². The Morgan fingerprint density at radius 2 is 1.94 bits per heavy atom. The van der Waals surface area contributed by atoms with Crippen LogP contribution in [0.2, 0.25) is 0 Å². The van der Waals surface area contributed by atoms with E-state index in [1.54, 1.807) is 7.11 Å².